The molecule has 1 N–H and O–H groups in total. The van der Waals surface area contributed by atoms with Gasteiger partial charge in [0.05, 0.1) is 10.2 Å². The number of piperidine rings is 1. The molecule has 0 saturated carbocycles. The topological polar surface area (TPSA) is 71.6 Å². The van der Waals surface area contributed by atoms with E-state index in [9.17, 15) is 9.59 Å². The summed E-state index contributed by atoms with van der Waals surface area (Å²) in [5.74, 6) is 0.535. The fraction of sp³-hybridized carbons (Fsp3) is 0.550. The highest BCUT2D eigenvalue weighted by Gasteiger charge is 2.18. The summed E-state index contributed by atoms with van der Waals surface area (Å²) in [6.07, 6.45) is 4.77. The molecule has 28 heavy (non-hydrogen) atoms. The maximum atomic E-state index is 12.8. The highest BCUT2D eigenvalue weighted by Crippen LogP contribution is 2.24. The number of nitrogens with one attached hydrogen (secondary N) is 1. The van der Waals surface area contributed by atoms with Gasteiger partial charge in [0.2, 0.25) is 5.91 Å². The van der Waals surface area contributed by atoms with Crippen LogP contribution < -0.4 is 10.9 Å². The van der Waals surface area contributed by atoms with Crippen molar-refractivity contribution in [2.24, 2.45) is 0 Å². The average molecular weight is 402 g/mol. The van der Waals surface area contributed by atoms with E-state index in [1.54, 1.807) is 11.3 Å². The molecule has 0 spiro atoms. The number of fused-ring (bicyclic) bond motifs is 3. The molecule has 7 nitrogen and oxygen atoms in total. The van der Waals surface area contributed by atoms with Crippen LogP contribution in [0, 0.1) is 6.92 Å². The number of carbonyl (C=O) groups excluding carboxylic acids is 1. The van der Waals surface area contributed by atoms with Crippen molar-refractivity contribution in [1.29, 1.82) is 0 Å². The zero-order valence-corrected chi connectivity index (χ0v) is 17.3. The van der Waals surface area contributed by atoms with Crippen molar-refractivity contribution in [1.82, 2.24) is 24.4 Å². The van der Waals surface area contributed by atoms with Gasteiger partial charge >= 0.3 is 0 Å². The van der Waals surface area contributed by atoms with Crippen molar-refractivity contribution < 1.29 is 4.79 Å². The van der Waals surface area contributed by atoms with E-state index in [4.69, 9.17) is 0 Å². The van der Waals surface area contributed by atoms with Crippen LogP contribution in [0.4, 0.5) is 0 Å². The SMILES string of the molecule is Cc1nn(CC(=O)NCCCN2CCCC[C@@H]2C)c(=O)c2cc3sccc3n12. The lowest BCUT2D eigenvalue weighted by Crippen LogP contribution is -2.40. The summed E-state index contributed by atoms with van der Waals surface area (Å²) in [5.41, 5.74) is 1.33. The highest BCUT2D eigenvalue weighted by molar-refractivity contribution is 7.17. The number of aromatic nitrogens is 3. The van der Waals surface area contributed by atoms with E-state index in [1.165, 1.54) is 23.9 Å². The van der Waals surface area contributed by atoms with Gasteiger partial charge in [0.25, 0.3) is 5.56 Å². The third-order valence-electron chi connectivity index (χ3n) is 5.64. The van der Waals surface area contributed by atoms with Gasteiger partial charge in [0.1, 0.15) is 17.9 Å². The molecule has 1 saturated heterocycles. The normalized spacial score (nSPS) is 18.1. The van der Waals surface area contributed by atoms with E-state index in [-0.39, 0.29) is 18.0 Å². The molecule has 3 aromatic heterocycles. The first-order valence-corrected chi connectivity index (χ1v) is 10.9. The van der Waals surface area contributed by atoms with Crippen LogP contribution in [-0.2, 0) is 11.3 Å². The molecule has 1 atom stereocenters. The lowest BCUT2D eigenvalue weighted by molar-refractivity contribution is -0.121. The van der Waals surface area contributed by atoms with Crippen LogP contribution in [0.15, 0.2) is 22.3 Å². The van der Waals surface area contributed by atoms with E-state index in [1.807, 2.05) is 28.8 Å². The molecule has 4 rings (SSSR count). The summed E-state index contributed by atoms with van der Waals surface area (Å²) in [4.78, 5) is 27.6. The third-order valence-corrected chi connectivity index (χ3v) is 6.50. The Labute approximate surface area is 167 Å². The lowest BCUT2D eigenvalue weighted by Gasteiger charge is -2.33. The largest absolute Gasteiger partial charge is 0.354 e. The Morgan fingerprint density at radius 3 is 3.04 bits per heavy atom. The first-order chi connectivity index (χ1) is 13.5. The molecule has 1 aliphatic rings. The number of aryl methyl sites for hydroxylation is 1. The number of nitrogens with zero attached hydrogens (tertiary/aromatic N) is 4. The Kier molecular flexibility index (Phi) is 5.50. The van der Waals surface area contributed by atoms with Gasteiger partial charge in [-0.1, -0.05) is 6.42 Å². The van der Waals surface area contributed by atoms with Crippen molar-refractivity contribution >= 4 is 33.0 Å². The Morgan fingerprint density at radius 2 is 2.21 bits per heavy atom. The van der Waals surface area contributed by atoms with Gasteiger partial charge in [-0.3, -0.25) is 14.0 Å². The van der Waals surface area contributed by atoms with Crippen molar-refractivity contribution in [3.63, 3.8) is 0 Å². The molecule has 1 fully saturated rings. The smallest absolute Gasteiger partial charge is 0.291 e. The van der Waals surface area contributed by atoms with Crippen LogP contribution in [0.5, 0.6) is 0 Å². The van der Waals surface area contributed by atoms with Crippen LogP contribution in [0.2, 0.25) is 0 Å². The van der Waals surface area contributed by atoms with Gasteiger partial charge < -0.3 is 10.2 Å². The number of amides is 1. The zero-order valence-electron chi connectivity index (χ0n) is 16.5. The molecule has 1 aliphatic heterocycles. The number of hydrogen-bond acceptors (Lipinski definition) is 5. The molecule has 3 aromatic rings. The minimum absolute atomic E-state index is 0.0465. The molecule has 0 bridgehead atoms. The minimum atomic E-state index is -0.230. The molecular formula is C20H27N5O2S. The van der Waals surface area contributed by atoms with Gasteiger partial charge in [-0.15, -0.1) is 11.3 Å². The maximum Gasteiger partial charge on any atom is 0.291 e. The zero-order chi connectivity index (χ0) is 19.7. The van der Waals surface area contributed by atoms with E-state index in [0.717, 1.165) is 29.7 Å². The van der Waals surface area contributed by atoms with Crippen LogP contribution in [0.1, 0.15) is 38.4 Å². The molecule has 8 heteroatoms. The second kappa shape index (κ2) is 8.05. The minimum Gasteiger partial charge on any atom is -0.354 e. The summed E-state index contributed by atoms with van der Waals surface area (Å²) in [5, 5.41) is 9.29. The number of hydrogen-bond donors (Lipinski definition) is 1. The fourth-order valence-corrected chi connectivity index (χ4v) is 4.93. The summed E-state index contributed by atoms with van der Waals surface area (Å²) >= 11 is 1.60. The fourth-order valence-electron chi connectivity index (χ4n) is 4.13. The standard InChI is InChI=1S/C20H27N5O2S/c1-14-6-3-4-9-23(14)10-5-8-21-19(26)13-24-20(27)17-12-18-16(7-11-28-18)25(17)15(2)22-24/h7,11-12,14H,3-6,8-10,13H2,1-2H3,(H,21,26)/t14-/m0/s1. The van der Waals surface area contributed by atoms with Crippen LogP contribution in [-0.4, -0.2) is 50.7 Å². The van der Waals surface area contributed by atoms with E-state index in [0.29, 0.717) is 23.9 Å². The predicted octanol–water partition coefficient (Wildman–Crippen LogP) is 2.40. The Balaban J connectivity index is 1.37. The molecule has 150 valence electrons. The van der Waals surface area contributed by atoms with Crippen molar-refractivity contribution in [2.45, 2.75) is 52.1 Å². The molecule has 1 amide bonds. The summed E-state index contributed by atoms with van der Waals surface area (Å²) in [6.45, 7) is 6.87. The quantitative estimate of drug-likeness (QED) is 0.644. The van der Waals surface area contributed by atoms with Crippen molar-refractivity contribution in [3.8, 4) is 0 Å². The highest BCUT2D eigenvalue weighted by atomic mass is 32.1. The Bertz CT molecular complexity index is 1050. The average Bonchev–Trinajstić information content (AvgIpc) is 3.25. The van der Waals surface area contributed by atoms with E-state index in [2.05, 4.69) is 22.2 Å². The van der Waals surface area contributed by atoms with Gasteiger partial charge in [-0.05, 0) is 57.2 Å². The lowest BCUT2D eigenvalue weighted by atomic mass is 10.0. The van der Waals surface area contributed by atoms with Gasteiger partial charge in [-0.25, -0.2) is 4.68 Å². The molecule has 0 aliphatic carbocycles. The summed E-state index contributed by atoms with van der Waals surface area (Å²) in [6, 6.07) is 4.51. The van der Waals surface area contributed by atoms with E-state index >= 15 is 0 Å². The summed E-state index contributed by atoms with van der Waals surface area (Å²) in [7, 11) is 0. The molecule has 4 heterocycles. The van der Waals surface area contributed by atoms with E-state index < -0.39 is 0 Å². The summed E-state index contributed by atoms with van der Waals surface area (Å²) < 4.78 is 4.19. The van der Waals surface area contributed by atoms with Crippen LogP contribution >= 0.6 is 11.3 Å². The van der Waals surface area contributed by atoms with Crippen molar-refractivity contribution in [2.75, 3.05) is 19.6 Å². The monoisotopic (exact) mass is 401 g/mol. The first kappa shape index (κ1) is 19.1. The molecular weight excluding hydrogens is 374 g/mol. The number of likely N-dealkylation sites (tertiary alicyclic amines) is 1. The van der Waals surface area contributed by atoms with Crippen LogP contribution in [0.25, 0.3) is 15.7 Å². The van der Waals surface area contributed by atoms with Crippen molar-refractivity contribution in [3.05, 3.63) is 33.7 Å². The molecule has 0 radical (unpaired) electrons. The molecule has 0 unspecified atom stereocenters. The first-order valence-electron chi connectivity index (χ1n) is 10.0. The third kappa shape index (κ3) is 3.71. The maximum absolute atomic E-state index is 12.8. The number of thiophene rings is 1. The Morgan fingerprint density at radius 1 is 1.36 bits per heavy atom. The molecule has 0 aromatic carbocycles. The van der Waals surface area contributed by atoms with Gasteiger partial charge in [-0.2, -0.15) is 5.10 Å². The number of rotatable bonds is 6. The Hall–Kier alpha value is -2.19. The second-order valence-corrected chi connectivity index (χ2v) is 8.58. The predicted molar refractivity (Wildman–Crippen MR) is 112 cm³/mol. The second-order valence-electron chi connectivity index (χ2n) is 7.63. The number of carbonyl (C=O) groups is 1. The van der Waals surface area contributed by atoms with Crippen LogP contribution in [0.3, 0.4) is 0 Å². The van der Waals surface area contributed by atoms with Gasteiger partial charge in [0, 0.05) is 19.1 Å². The van der Waals surface area contributed by atoms with Gasteiger partial charge in [0.15, 0.2) is 0 Å².